The van der Waals surface area contributed by atoms with Crippen molar-refractivity contribution in [2.75, 3.05) is 13.2 Å². The van der Waals surface area contributed by atoms with Crippen LogP contribution in [0.5, 0.6) is 0 Å². The Hall–Kier alpha value is -4.45. The molecule has 0 N–H and O–H groups in total. The van der Waals surface area contributed by atoms with Crippen LogP contribution >= 0.6 is 0 Å². The first-order valence-electron chi connectivity index (χ1n) is 32.2. The predicted molar refractivity (Wildman–Crippen MR) is 339 cm³/mol. The van der Waals surface area contributed by atoms with E-state index in [2.05, 4.69) is 154 Å². The van der Waals surface area contributed by atoms with Crippen molar-refractivity contribution in [3.63, 3.8) is 0 Å². The lowest BCUT2D eigenvalue weighted by molar-refractivity contribution is -0.167. The smallest absolute Gasteiger partial charge is 0.306 e. The molecule has 0 amide bonds. The van der Waals surface area contributed by atoms with Crippen molar-refractivity contribution in [3.05, 3.63) is 134 Å². The third-order valence-electron chi connectivity index (χ3n) is 13.4. The topological polar surface area (TPSA) is 78.9 Å². The van der Waals surface area contributed by atoms with Crippen LogP contribution in [-0.4, -0.2) is 37.2 Å². The Morgan fingerprint density at radius 3 is 0.782 bits per heavy atom. The SMILES string of the molecule is CC/C=C\C/C=C\C/C=C\C/C=C\C/C=C\C/C=C\CCCCCCC(=O)OCC(COC(=O)CCCCCCCCCCCCCCCC)OC(=O)CCCCCCCCC/C=C\C/C=C\C/C=C\C/C=C\C/C=C\CC. The van der Waals surface area contributed by atoms with Crippen LogP contribution in [0.25, 0.3) is 0 Å². The summed E-state index contributed by atoms with van der Waals surface area (Å²) in [6, 6.07) is 0. The normalized spacial score (nSPS) is 13.0. The predicted octanol–water partition coefficient (Wildman–Crippen LogP) is 22.2. The van der Waals surface area contributed by atoms with Crippen LogP contribution in [-0.2, 0) is 28.6 Å². The Balaban J connectivity index is 4.45. The standard InChI is InChI=1S/C72H118O6/c1-4-7-10-13-16-19-22-25-28-30-32-34-36-38-40-42-44-47-50-53-56-59-62-65-71(74)77-68-69(67-76-70(73)64-61-58-55-52-49-46-27-24-21-18-15-12-9-6-3)78-72(75)66-63-60-57-54-51-48-45-43-41-39-37-35-33-31-29-26-23-20-17-14-11-8-5-2/h7-8,10-11,16-17,19-20,25-26,28-29,32-35,38-41,44,47,69H,4-6,9,12-15,18,21-24,27,30-31,36-37,42-43,45-46,48-68H2,1-3H3/b10-7-,11-8-,19-16-,20-17-,28-25-,29-26-,34-32-,35-33-,40-38-,41-39-,47-44-. The van der Waals surface area contributed by atoms with Crippen molar-refractivity contribution in [1.82, 2.24) is 0 Å². The maximum Gasteiger partial charge on any atom is 0.306 e. The number of hydrogen-bond donors (Lipinski definition) is 0. The summed E-state index contributed by atoms with van der Waals surface area (Å²) < 4.78 is 16.9. The van der Waals surface area contributed by atoms with Gasteiger partial charge < -0.3 is 14.2 Å². The van der Waals surface area contributed by atoms with Gasteiger partial charge in [0.1, 0.15) is 13.2 Å². The Morgan fingerprint density at radius 1 is 0.269 bits per heavy atom. The van der Waals surface area contributed by atoms with Crippen molar-refractivity contribution in [3.8, 4) is 0 Å². The molecular formula is C72H118O6. The summed E-state index contributed by atoms with van der Waals surface area (Å²) >= 11 is 0. The van der Waals surface area contributed by atoms with Crippen LogP contribution in [0.3, 0.4) is 0 Å². The third kappa shape index (κ3) is 62.4. The molecule has 0 radical (unpaired) electrons. The van der Waals surface area contributed by atoms with Crippen LogP contribution in [0.15, 0.2) is 134 Å². The molecule has 0 spiro atoms. The maximum absolute atomic E-state index is 12.9. The Bertz CT molecular complexity index is 1670. The van der Waals surface area contributed by atoms with E-state index in [1.54, 1.807) is 0 Å². The van der Waals surface area contributed by atoms with E-state index in [9.17, 15) is 14.4 Å². The van der Waals surface area contributed by atoms with Gasteiger partial charge in [0.2, 0.25) is 0 Å². The number of rotatable bonds is 57. The molecule has 0 bridgehead atoms. The van der Waals surface area contributed by atoms with Crippen LogP contribution in [0.4, 0.5) is 0 Å². The zero-order chi connectivity index (χ0) is 56.4. The van der Waals surface area contributed by atoms with Gasteiger partial charge in [0.25, 0.3) is 0 Å². The van der Waals surface area contributed by atoms with Crippen LogP contribution in [0, 0.1) is 0 Å². The van der Waals surface area contributed by atoms with E-state index in [1.807, 2.05) is 0 Å². The second-order valence-corrected chi connectivity index (χ2v) is 20.9. The molecule has 6 heteroatoms. The molecule has 6 nitrogen and oxygen atoms in total. The first-order valence-corrected chi connectivity index (χ1v) is 32.2. The second-order valence-electron chi connectivity index (χ2n) is 20.9. The number of hydrogen-bond acceptors (Lipinski definition) is 6. The monoisotopic (exact) mass is 1080 g/mol. The van der Waals surface area contributed by atoms with Gasteiger partial charge in [-0.15, -0.1) is 0 Å². The molecular weight excluding hydrogens is 961 g/mol. The summed E-state index contributed by atoms with van der Waals surface area (Å²) in [7, 11) is 0. The summed E-state index contributed by atoms with van der Waals surface area (Å²) in [6.07, 6.45) is 91.6. The molecule has 1 unspecified atom stereocenters. The molecule has 0 rings (SSSR count). The number of esters is 3. The van der Waals surface area contributed by atoms with E-state index >= 15 is 0 Å². The molecule has 0 fully saturated rings. The summed E-state index contributed by atoms with van der Waals surface area (Å²) in [5, 5.41) is 0. The molecule has 0 aliphatic heterocycles. The zero-order valence-corrected chi connectivity index (χ0v) is 50.6. The minimum atomic E-state index is -0.800. The highest BCUT2D eigenvalue weighted by atomic mass is 16.6. The van der Waals surface area contributed by atoms with E-state index in [-0.39, 0.29) is 31.1 Å². The molecule has 442 valence electrons. The number of carbonyl (C=O) groups excluding carboxylic acids is 3. The molecule has 0 aromatic carbocycles. The molecule has 1 atom stereocenters. The molecule has 0 aromatic rings. The molecule has 0 aromatic heterocycles. The lowest BCUT2D eigenvalue weighted by Crippen LogP contribution is -2.30. The molecule has 0 heterocycles. The fourth-order valence-corrected chi connectivity index (χ4v) is 8.65. The number of allylic oxidation sites excluding steroid dienone is 22. The summed E-state index contributed by atoms with van der Waals surface area (Å²) in [5.41, 5.74) is 0. The highest BCUT2D eigenvalue weighted by Gasteiger charge is 2.19. The fourth-order valence-electron chi connectivity index (χ4n) is 8.65. The van der Waals surface area contributed by atoms with E-state index < -0.39 is 6.10 Å². The average molecular weight is 1080 g/mol. The fraction of sp³-hybridized carbons (Fsp3) is 0.653. The van der Waals surface area contributed by atoms with Gasteiger partial charge in [0.15, 0.2) is 6.10 Å². The molecule has 78 heavy (non-hydrogen) atoms. The molecule has 0 aliphatic rings. The number of unbranched alkanes of at least 4 members (excludes halogenated alkanes) is 24. The van der Waals surface area contributed by atoms with Crippen molar-refractivity contribution in [1.29, 1.82) is 0 Å². The van der Waals surface area contributed by atoms with Gasteiger partial charge in [-0.1, -0.05) is 283 Å². The second kappa shape index (κ2) is 65.1. The number of carbonyl (C=O) groups is 3. The van der Waals surface area contributed by atoms with Gasteiger partial charge in [0, 0.05) is 19.3 Å². The van der Waals surface area contributed by atoms with Gasteiger partial charge in [-0.25, -0.2) is 0 Å². The van der Waals surface area contributed by atoms with Crippen LogP contribution < -0.4 is 0 Å². The van der Waals surface area contributed by atoms with Crippen LogP contribution in [0.1, 0.15) is 284 Å². The minimum Gasteiger partial charge on any atom is -0.462 e. The summed E-state index contributed by atoms with van der Waals surface area (Å²) in [4.78, 5) is 38.4. The zero-order valence-electron chi connectivity index (χ0n) is 50.6. The maximum atomic E-state index is 12.9. The largest absolute Gasteiger partial charge is 0.462 e. The summed E-state index contributed by atoms with van der Waals surface area (Å²) in [5.74, 6) is -0.925. The highest BCUT2D eigenvalue weighted by molar-refractivity contribution is 5.71. The van der Waals surface area contributed by atoms with Crippen molar-refractivity contribution in [2.24, 2.45) is 0 Å². The van der Waals surface area contributed by atoms with Gasteiger partial charge in [0.05, 0.1) is 0 Å². The molecule has 0 saturated heterocycles. The Morgan fingerprint density at radius 2 is 0.500 bits per heavy atom. The minimum absolute atomic E-state index is 0.0926. The average Bonchev–Trinajstić information content (AvgIpc) is 3.44. The third-order valence-corrected chi connectivity index (χ3v) is 13.4. The van der Waals surface area contributed by atoms with Crippen molar-refractivity contribution < 1.29 is 28.6 Å². The lowest BCUT2D eigenvalue weighted by Gasteiger charge is -2.18. The van der Waals surface area contributed by atoms with Crippen molar-refractivity contribution in [2.45, 2.75) is 290 Å². The lowest BCUT2D eigenvalue weighted by atomic mass is 10.0. The quantitative estimate of drug-likeness (QED) is 0.0261. The Labute approximate surface area is 481 Å². The van der Waals surface area contributed by atoms with E-state index in [1.165, 1.54) is 89.9 Å². The van der Waals surface area contributed by atoms with Crippen LogP contribution in [0.2, 0.25) is 0 Å². The van der Waals surface area contributed by atoms with E-state index in [0.29, 0.717) is 19.3 Å². The highest BCUT2D eigenvalue weighted by Crippen LogP contribution is 2.16. The van der Waals surface area contributed by atoms with Gasteiger partial charge >= 0.3 is 17.9 Å². The Kier molecular flexibility index (Phi) is 61.4. The van der Waals surface area contributed by atoms with Gasteiger partial charge in [-0.2, -0.15) is 0 Å². The summed E-state index contributed by atoms with van der Waals surface area (Å²) in [6.45, 7) is 6.40. The first kappa shape index (κ1) is 73.5. The van der Waals surface area contributed by atoms with Gasteiger partial charge in [-0.05, 0) is 116 Å². The van der Waals surface area contributed by atoms with E-state index in [0.717, 1.165) is 154 Å². The van der Waals surface area contributed by atoms with Gasteiger partial charge in [-0.3, -0.25) is 14.4 Å². The first-order chi connectivity index (χ1) is 38.5. The number of ether oxygens (including phenoxy) is 3. The van der Waals surface area contributed by atoms with E-state index in [4.69, 9.17) is 14.2 Å². The molecule has 0 aliphatic carbocycles. The van der Waals surface area contributed by atoms with Crippen molar-refractivity contribution >= 4 is 17.9 Å². The molecule has 0 saturated carbocycles.